The zero-order valence-electron chi connectivity index (χ0n) is 10.3. The Morgan fingerprint density at radius 3 is 2.14 bits per heavy atom. The molecule has 0 aromatic heterocycles. The van der Waals surface area contributed by atoms with Gasteiger partial charge in [-0.05, 0) is 25.7 Å². The number of rotatable bonds is 3. The van der Waals surface area contributed by atoms with E-state index in [0.717, 1.165) is 26.0 Å². The summed E-state index contributed by atoms with van der Waals surface area (Å²) in [5.41, 5.74) is 0.252. The van der Waals surface area contributed by atoms with E-state index >= 15 is 0 Å². The van der Waals surface area contributed by atoms with Crippen LogP contribution in [0.2, 0.25) is 0 Å². The van der Waals surface area contributed by atoms with E-state index in [1.54, 1.807) is 0 Å². The molecule has 0 aliphatic carbocycles. The van der Waals surface area contributed by atoms with Gasteiger partial charge in [0.1, 0.15) is 0 Å². The Bertz CT molecular complexity index is 169. The van der Waals surface area contributed by atoms with Gasteiger partial charge < -0.3 is 10.1 Å². The first-order valence-corrected chi connectivity index (χ1v) is 5.87. The standard InChI is InChI=1S/C12H25NO/c1-6-12(7-2)9-14-11(5,8-13-12)10(3)4/h10,13H,6-9H2,1-5H3. The highest BCUT2D eigenvalue weighted by molar-refractivity contribution is 4.96. The maximum atomic E-state index is 6.06. The second-order valence-electron chi connectivity index (χ2n) is 5.10. The minimum absolute atomic E-state index is 0.0217. The molecular formula is C12H25NO. The van der Waals surface area contributed by atoms with Crippen LogP contribution in [0.4, 0.5) is 0 Å². The third kappa shape index (κ3) is 2.12. The molecule has 1 saturated heterocycles. The van der Waals surface area contributed by atoms with Gasteiger partial charge in [-0.15, -0.1) is 0 Å². The summed E-state index contributed by atoms with van der Waals surface area (Å²) in [6.07, 6.45) is 2.30. The lowest BCUT2D eigenvalue weighted by Crippen LogP contribution is -2.62. The zero-order chi connectivity index (χ0) is 10.8. The van der Waals surface area contributed by atoms with Crippen LogP contribution in [-0.2, 0) is 4.74 Å². The van der Waals surface area contributed by atoms with Crippen LogP contribution in [0.5, 0.6) is 0 Å². The topological polar surface area (TPSA) is 21.3 Å². The lowest BCUT2D eigenvalue weighted by Gasteiger charge is -2.47. The highest BCUT2D eigenvalue weighted by Gasteiger charge is 2.40. The lowest BCUT2D eigenvalue weighted by atomic mass is 9.85. The van der Waals surface area contributed by atoms with Crippen molar-refractivity contribution in [1.29, 1.82) is 0 Å². The Balaban J connectivity index is 2.60. The maximum absolute atomic E-state index is 6.06. The summed E-state index contributed by atoms with van der Waals surface area (Å²) in [6.45, 7) is 13.0. The monoisotopic (exact) mass is 199 g/mol. The van der Waals surface area contributed by atoms with E-state index in [-0.39, 0.29) is 11.1 Å². The molecule has 1 heterocycles. The molecule has 0 saturated carbocycles. The van der Waals surface area contributed by atoms with Crippen LogP contribution in [0.15, 0.2) is 0 Å². The van der Waals surface area contributed by atoms with E-state index in [1.165, 1.54) is 0 Å². The van der Waals surface area contributed by atoms with Crippen molar-refractivity contribution in [2.24, 2.45) is 5.92 Å². The molecule has 2 heteroatoms. The molecular weight excluding hydrogens is 174 g/mol. The molecule has 0 aromatic rings. The van der Waals surface area contributed by atoms with Gasteiger partial charge in [-0.1, -0.05) is 27.7 Å². The van der Waals surface area contributed by atoms with Crippen molar-refractivity contribution >= 4 is 0 Å². The van der Waals surface area contributed by atoms with Crippen molar-refractivity contribution in [3.63, 3.8) is 0 Å². The Morgan fingerprint density at radius 1 is 1.29 bits per heavy atom. The molecule has 2 nitrogen and oxygen atoms in total. The summed E-state index contributed by atoms with van der Waals surface area (Å²) < 4.78 is 6.06. The molecule has 0 bridgehead atoms. The van der Waals surface area contributed by atoms with Crippen molar-refractivity contribution in [3.05, 3.63) is 0 Å². The number of hydrogen-bond donors (Lipinski definition) is 1. The number of hydrogen-bond acceptors (Lipinski definition) is 2. The normalized spacial score (nSPS) is 32.1. The molecule has 0 aromatic carbocycles. The predicted molar refractivity (Wildman–Crippen MR) is 60.5 cm³/mol. The highest BCUT2D eigenvalue weighted by atomic mass is 16.5. The van der Waals surface area contributed by atoms with Gasteiger partial charge in [-0.3, -0.25) is 0 Å². The second-order valence-corrected chi connectivity index (χ2v) is 5.10. The van der Waals surface area contributed by atoms with Crippen LogP contribution in [-0.4, -0.2) is 24.3 Å². The molecule has 1 aliphatic rings. The molecule has 0 spiro atoms. The van der Waals surface area contributed by atoms with Crippen molar-refractivity contribution < 1.29 is 4.74 Å². The maximum Gasteiger partial charge on any atom is 0.0802 e. The first-order chi connectivity index (χ1) is 6.48. The molecule has 0 amide bonds. The van der Waals surface area contributed by atoms with Crippen LogP contribution in [0, 0.1) is 5.92 Å². The van der Waals surface area contributed by atoms with Gasteiger partial charge in [0.25, 0.3) is 0 Å². The van der Waals surface area contributed by atoms with Crippen molar-refractivity contribution in [2.75, 3.05) is 13.2 Å². The average Bonchev–Trinajstić information content (AvgIpc) is 2.20. The Hall–Kier alpha value is -0.0800. The molecule has 1 fully saturated rings. The summed E-state index contributed by atoms with van der Waals surface area (Å²) >= 11 is 0. The van der Waals surface area contributed by atoms with E-state index in [1.807, 2.05) is 0 Å². The first kappa shape index (κ1) is 12.0. The molecule has 1 unspecified atom stereocenters. The number of morpholine rings is 1. The van der Waals surface area contributed by atoms with Gasteiger partial charge in [0.05, 0.1) is 12.2 Å². The lowest BCUT2D eigenvalue weighted by molar-refractivity contribution is -0.124. The third-order valence-electron chi connectivity index (χ3n) is 4.07. The summed E-state index contributed by atoms with van der Waals surface area (Å²) in [6, 6.07) is 0. The molecule has 1 atom stereocenters. The fraction of sp³-hybridized carbons (Fsp3) is 1.00. The quantitative estimate of drug-likeness (QED) is 0.754. The van der Waals surface area contributed by atoms with Gasteiger partial charge in [-0.2, -0.15) is 0 Å². The Kier molecular flexibility index (Phi) is 3.59. The van der Waals surface area contributed by atoms with Gasteiger partial charge in [-0.25, -0.2) is 0 Å². The number of ether oxygens (including phenoxy) is 1. The molecule has 14 heavy (non-hydrogen) atoms. The van der Waals surface area contributed by atoms with Gasteiger partial charge in [0.15, 0.2) is 0 Å². The smallest absolute Gasteiger partial charge is 0.0802 e. The first-order valence-electron chi connectivity index (χ1n) is 5.87. The highest BCUT2D eigenvalue weighted by Crippen LogP contribution is 2.29. The zero-order valence-corrected chi connectivity index (χ0v) is 10.3. The molecule has 1 N–H and O–H groups in total. The summed E-state index contributed by atoms with van der Waals surface area (Å²) in [5.74, 6) is 0.571. The predicted octanol–water partition coefficient (Wildman–Crippen LogP) is 2.58. The van der Waals surface area contributed by atoms with Gasteiger partial charge >= 0.3 is 0 Å². The van der Waals surface area contributed by atoms with Crippen LogP contribution in [0.1, 0.15) is 47.5 Å². The largest absolute Gasteiger partial charge is 0.372 e. The van der Waals surface area contributed by atoms with Crippen molar-refractivity contribution in [1.82, 2.24) is 5.32 Å². The van der Waals surface area contributed by atoms with E-state index in [0.29, 0.717) is 5.92 Å². The van der Waals surface area contributed by atoms with E-state index in [9.17, 15) is 0 Å². The molecule has 1 rings (SSSR count). The minimum atomic E-state index is 0.0217. The fourth-order valence-corrected chi connectivity index (χ4v) is 1.84. The van der Waals surface area contributed by atoms with Crippen molar-refractivity contribution in [3.8, 4) is 0 Å². The summed E-state index contributed by atoms with van der Waals surface area (Å²) in [5, 5.41) is 3.68. The molecule has 1 aliphatic heterocycles. The third-order valence-corrected chi connectivity index (χ3v) is 4.07. The second kappa shape index (κ2) is 4.19. The van der Waals surface area contributed by atoms with Gasteiger partial charge in [0, 0.05) is 12.1 Å². The molecule has 84 valence electrons. The Morgan fingerprint density at radius 2 is 1.86 bits per heavy atom. The van der Waals surface area contributed by atoms with E-state index in [4.69, 9.17) is 4.74 Å². The van der Waals surface area contributed by atoms with Crippen LogP contribution in [0.3, 0.4) is 0 Å². The van der Waals surface area contributed by atoms with Gasteiger partial charge in [0.2, 0.25) is 0 Å². The fourth-order valence-electron chi connectivity index (χ4n) is 1.84. The average molecular weight is 199 g/mol. The van der Waals surface area contributed by atoms with Crippen LogP contribution in [0.25, 0.3) is 0 Å². The van der Waals surface area contributed by atoms with E-state index in [2.05, 4.69) is 39.9 Å². The van der Waals surface area contributed by atoms with E-state index < -0.39 is 0 Å². The summed E-state index contributed by atoms with van der Waals surface area (Å²) in [4.78, 5) is 0. The number of nitrogens with one attached hydrogen (secondary N) is 1. The SMILES string of the molecule is CCC1(CC)COC(C)(C(C)C)CN1. The van der Waals surface area contributed by atoms with Crippen molar-refractivity contribution in [2.45, 2.75) is 58.6 Å². The summed E-state index contributed by atoms with van der Waals surface area (Å²) in [7, 11) is 0. The Labute approximate surface area is 88.4 Å². The van der Waals surface area contributed by atoms with Crippen LogP contribution < -0.4 is 5.32 Å². The molecule has 0 radical (unpaired) electrons. The van der Waals surface area contributed by atoms with Crippen LogP contribution >= 0.6 is 0 Å². The minimum Gasteiger partial charge on any atom is -0.372 e.